The van der Waals surface area contributed by atoms with Gasteiger partial charge in [-0.3, -0.25) is 0 Å². The third-order valence-corrected chi connectivity index (χ3v) is 6.63. The number of benzene rings is 1. The largest absolute Gasteiger partial charge is 0.511 e. The Kier molecular flexibility index (Phi) is 9.16. The van der Waals surface area contributed by atoms with E-state index in [4.69, 9.17) is 4.74 Å². The molecule has 0 radical (unpaired) electrons. The molecule has 1 aromatic rings. The number of alkyl halides is 3. The summed E-state index contributed by atoms with van der Waals surface area (Å²) in [6.45, 7) is -0.565. The van der Waals surface area contributed by atoms with Gasteiger partial charge in [-0.1, -0.05) is 26.4 Å². The van der Waals surface area contributed by atoms with Crippen molar-refractivity contribution in [1.82, 2.24) is 0 Å². The van der Waals surface area contributed by atoms with Gasteiger partial charge < -0.3 is 23.8 Å². The molecule has 0 amide bonds. The highest BCUT2D eigenvalue weighted by Crippen LogP contribution is 3.02. The van der Waals surface area contributed by atoms with Crippen molar-refractivity contribution in [3.05, 3.63) is 38.9 Å². The first kappa shape index (κ1) is 32.1. The number of rotatable bonds is 12. The Bertz CT molecular complexity index is 1140. The Balaban J connectivity index is 2.10. The van der Waals surface area contributed by atoms with Crippen molar-refractivity contribution in [3.8, 4) is 5.75 Å². The summed E-state index contributed by atoms with van der Waals surface area (Å²) in [5.41, 5.74) is -2.86. The number of hydrogen-bond donors (Lipinski definition) is 0. The fourth-order valence-corrected chi connectivity index (χ4v) is 4.28. The second kappa shape index (κ2) is 11.1. The first-order chi connectivity index (χ1) is 17.7. The molecule has 0 aliphatic carbocycles. The van der Waals surface area contributed by atoms with Crippen molar-refractivity contribution in [3.63, 3.8) is 0 Å². The monoisotopic (exact) mass is 621 g/mol. The minimum atomic E-state index is -10.3. The standard InChI is InChI=1S/C19H19F8NO9S2/c1-2-11-7-13(39(23,24,25,26)27)8-12-9-14(16(19(20,21)22)37-15(11)12)17(29)34-10-35-18(30)33-3-5-38-6-4-36-28(31)32/h7-9,16H,2-6,10H2,1H3. The maximum Gasteiger partial charge on any atom is 0.511 e. The van der Waals surface area contributed by atoms with Crippen LogP contribution in [0.25, 0.3) is 6.08 Å². The molecule has 39 heavy (non-hydrogen) atoms. The van der Waals surface area contributed by atoms with Crippen molar-refractivity contribution in [2.45, 2.75) is 30.5 Å². The fourth-order valence-electron chi connectivity index (χ4n) is 2.97. The van der Waals surface area contributed by atoms with Gasteiger partial charge in [0.15, 0.2) is 0 Å². The van der Waals surface area contributed by atoms with Crippen molar-refractivity contribution in [2.24, 2.45) is 0 Å². The molecule has 0 bridgehead atoms. The van der Waals surface area contributed by atoms with Gasteiger partial charge in [0, 0.05) is 17.1 Å². The fraction of sp³-hybridized carbons (Fsp3) is 0.474. The number of thioether (sulfide) groups is 1. The topological polar surface area (TPSA) is 123 Å². The summed E-state index contributed by atoms with van der Waals surface area (Å²) in [7, 11) is -10.3. The summed E-state index contributed by atoms with van der Waals surface area (Å²) in [6, 6.07) is -0.144. The Hall–Kier alpha value is -3.16. The minimum absolute atomic E-state index is 0.0106. The van der Waals surface area contributed by atoms with Gasteiger partial charge in [0.25, 0.3) is 5.09 Å². The number of fused-ring (bicyclic) bond motifs is 1. The molecule has 0 saturated carbocycles. The molecule has 1 aliphatic rings. The van der Waals surface area contributed by atoms with Crippen LogP contribution in [-0.2, 0) is 30.3 Å². The van der Waals surface area contributed by atoms with E-state index in [1.807, 2.05) is 0 Å². The van der Waals surface area contributed by atoms with E-state index >= 15 is 0 Å². The zero-order chi connectivity index (χ0) is 29.7. The summed E-state index contributed by atoms with van der Waals surface area (Å²) in [5.74, 6) is -2.27. The molecule has 10 nitrogen and oxygen atoms in total. The van der Waals surface area contributed by atoms with Crippen molar-refractivity contribution < 1.29 is 71.1 Å². The number of carbonyl (C=O) groups excluding carboxylic acids is 2. The van der Waals surface area contributed by atoms with E-state index in [-0.39, 0.29) is 42.9 Å². The van der Waals surface area contributed by atoms with Crippen LogP contribution in [0, 0.1) is 10.1 Å². The van der Waals surface area contributed by atoms with Gasteiger partial charge in [-0.2, -0.15) is 24.9 Å². The average Bonchev–Trinajstić information content (AvgIpc) is 2.79. The van der Waals surface area contributed by atoms with Gasteiger partial charge in [0.2, 0.25) is 12.9 Å². The molecule has 1 heterocycles. The number of esters is 1. The zero-order valence-electron chi connectivity index (χ0n) is 19.5. The molecule has 0 spiro atoms. The summed E-state index contributed by atoms with van der Waals surface area (Å²) < 4.78 is 126. The molecule has 2 rings (SSSR count). The highest BCUT2D eigenvalue weighted by molar-refractivity contribution is 8.45. The summed E-state index contributed by atoms with van der Waals surface area (Å²) >= 11 is 1.10. The molecule has 20 heteroatoms. The Morgan fingerprint density at radius 3 is 2.28 bits per heavy atom. The second-order valence-electron chi connectivity index (χ2n) is 7.42. The smallest absolute Gasteiger partial charge is 0.475 e. The van der Waals surface area contributed by atoms with Gasteiger partial charge in [-0.05, 0) is 30.2 Å². The number of ether oxygens (including phenoxy) is 4. The molecular formula is C19H19F8NO9S2. The number of halogens is 8. The van der Waals surface area contributed by atoms with Crippen molar-refractivity contribution in [1.29, 1.82) is 0 Å². The average molecular weight is 621 g/mol. The van der Waals surface area contributed by atoms with E-state index in [0.29, 0.717) is 0 Å². The predicted molar refractivity (Wildman–Crippen MR) is 119 cm³/mol. The Morgan fingerprint density at radius 1 is 1.08 bits per heavy atom. The zero-order valence-corrected chi connectivity index (χ0v) is 21.1. The van der Waals surface area contributed by atoms with E-state index < -0.39 is 80.3 Å². The summed E-state index contributed by atoms with van der Waals surface area (Å²) in [6.07, 6.45) is -9.86. The van der Waals surface area contributed by atoms with E-state index in [1.165, 1.54) is 6.92 Å². The number of hydrogen-bond acceptors (Lipinski definition) is 10. The molecule has 1 atom stereocenters. The van der Waals surface area contributed by atoms with E-state index in [9.17, 15) is 52.3 Å². The van der Waals surface area contributed by atoms with Crippen LogP contribution in [0.1, 0.15) is 18.1 Å². The van der Waals surface area contributed by atoms with Crippen molar-refractivity contribution >= 4 is 40.2 Å². The molecule has 1 unspecified atom stereocenters. The lowest BCUT2D eigenvalue weighted by Crippen LogP contribution is -2.41. The lowest BCUT2D eigenvalue weighted by atomic mass is 9.98. The van der Waals surface area contributed by atoms with Crippen LogP contribution < -0.4 is 4.74 Å². The first-order valence-electron chi connectivity index (χ1n) is 10.4. The van der Waals surface area contributed by atoms with Gasteiger partial charge in [0.1, 0.15) is 23.9 Å². The Morgan fingerprint density at radius 2 is 1.72 bits per heavy atom. The van der Waals surface area contributed by atoms with Gasteiger partial charge in [-0.15, -0.1) is 10.1 Å². The lowest BCUT2D eigenvalue weighted by Gasteiger charge is -2.41. The maximum absolute atomic E-state index is 13.6. The van der Waals surface area contributed by atoms with Gasteiger partial charge in [0.05, 0.1) is 5.57 Å². The predicted octanol–water partition coefficient (Wildman–Crippen LogP) is 6.21. The van der Waals surface area contributed by atoms with Crippen LogP contribution >= 0.6 is 22.0 Å². The third kappa shape index (κ3) is 9.52. The van der Waals surface area contributed by atoms with Gasteiger partial charge in [-0.25, -0.2) is 9.59 Å². The molecule has 1 aromatic carbocycles. The number of carbonyl (C=O) groups is 2. The molecule has 1 aliphatic heterocycles. The van der Waals surface area contributed by atoms with Crippen LogP contribution in [0.3, 0.4) is 0 Å². The molecule has 222 valence electrons. The lowest BCUT2D eigenvalue weighted by molar-refractivity contribution is -0.756. The van der Waals surface area contributed by atoms with E-state index in [0.717, 1.165) is 11.8 Å². The van der Waals surface area contributed by atoms with Crippen LogP contribution in [0.4, 0.5) is 37.4 Å². The third-order valence-electron chi connectivity index (χ3n) is 4.60. The van der Waals surface area contributed by atoms with Crippen LogP contribution in [0.5, 0.6) is 5.75 Å². The highest BCUT2D eigenvalue weighted by Gasteiger charge is 2.66. The SMILES string of the molecule is CCc1cc(S(F)(F)(F)(F)F)cc2c1OC(C(F)(F)F)C(C(=O)OCOC(=O)OCCSCCO[N+](=O)[O-])=C2. The van der Waals surface area contributed by atoms with Gasteiger partial charge >= 0.3 is 28.5 Å². The normalized spacial score (nSPS) is 16.9. The molecule has 0 fully saturated rings. The first-order valence-corrected chi connectivity index (χ1v) is 13.5. The number of aryl methyl sites for hydroxylation is 1. The van der Waals surface area contributed by atoms with Crippen LogP contribution in [-0.4, -0.2) is 61.0 Å². The van der Waals surface area contributed by atoms with Crippen LogP contribution in [0.15, 0.2) is 22.6 Å². The molecule has 0 aromatic heterocycles. The number of nitrogens with zero attached hydrogens (tertiary/aromatic N) is 1. The van der Waals surface area contributed by atoms with Crippen LogP contribution in [0.2, 0.25) is 0 Å². The van der Waals surface area contributed by atoms with E-state index in [1.54, 1.807) is 0 Å². The second-order valence-corrected chi connectivity index (χ2v) is 11.1. The highest BCUT2D eigenvalue weighted by atomic mass is 32.5. The maximum atomic E-state index is 13.6. The quantitative estimate of drug-likeness (QED) is 0.0665. The van der Waals surface area contributed by atoms with E-state index in [2.05, 4.69) is 19.0 Å². The molecule has 0 saturated heterocycles. The van der Waals surface area contributed by atoms with Crippen molar-refractivity contribution in [2.75, 3.05) is 31.5 Å². The minimum Gasteiger partial charge on any atom is -0.475 e. The molecule has 0 N–H and O–H groups in total. The summed E-state index contributed by atoms with van der Waals surface area (Å²) in [4.78, 5) is 35.4. The Labute approximate surface area is 218 Å². The summed E-state index contributed by atoms with van der Waals surface area (Å²) in [5, 5.41) is 8.97. The molecular weight excluding hydrogens is 602 g/mol.